The van der Waals surface area contributed by atoms with E-state index in [4.69, 9.17) is 4.74 Å². The summed E-state index contributed by atoms with van der Waals surface area (Å²) in [7, 11) is 0. The fourth-order valence-corrected chi connectivity index (χ4v) is 4.48. The van der Waals surface area contributed by atoms with Crippen LogP contribution in [0.2, 0.25) is 0 Å². The Morgan fingerprint density at radius 1 is 0.781 bits per heavy atom. The lowest BCUT2D eigenvalue weighted by molar-refractivity contribution is 0.0731. The second-order valence-electron chi connectivity index (χ2n) is 13.0. The van der Waals surface area contributed by atoms with Crippen molar-refractivity contribution >= 4 is 5.97 Å². The highest BCUT2D eigenvalue weighted by molar-refractivity contribution is 5.91. The van der Waals surface area contributed by atoms with E-state index in [1.807, 2.05) is 26.8 Å². The van der Waals surface area contributed by atoms with Gasteiger partial charge in [-0.2, -0.15) is 0 Å². The Bertz CT molecular complexity index is 977. The van der Waals surface area contributed by atoms with Crippen molar-refractivity contribution in [1.29, 1.82) is 0 Å². The van der Waals surface area contributed by atoms with Gasteiger partial charge in [0.2, 0.25) is 0 Å². The first kappa shape index (κ1) is 26.0. The molecule has 3 nitrogen and oxygen atoms in total. The van der Waals surface area contributed by atoms with Crippen molar-refractivity contribution in [3.63, 3.8) is 0 Å². The monoisotopic (exact) mass is 438 g/mol. The average molecular weight is 439 g/mol. The van der Waals surface area contributed by atoms with Gasteiger partial charge in [-0.15, -0.1) is 0 Å². The summed E-state index contributed by atoms with van der Waals surface area (Å²) < 4.78 is 5.91. The van der Waals surface area contributed by atoms with Gasteiger partial charge in [-0.25, -0.2) is 4.79 Å². The summed E-state index contributed by atoms with van der Waals surface area (Å²) in [5.41, 5.74) is 3.16. The first-order chi connectivity index (χ1) is 14.3. The smallest absolute Gasteiger partial charge is 0.343 e. The zero-order valence-corrected chi connectivity index (χ0v) is 21.9. The standard InChI is InChI=1S/C29H42O3/c1-26(2,3)18-29(10,11)20-13-15-24(22(17-20)28(7,8)9)32-25(31)19-12-14-23(30)21(16-19)27(4,5)6/h12-17,30H,18H2,1-11H3. The molecule has 176 valence electrons. The van der Waals surface area contributed by atoms with Crippen molar-refractivity contribution < 1.29 is 14.6 Å². The molecule has 0 aromatic heterocycles. The molecule has 2 aromatic carbocycles. The van der Waals surface area contributed by atoms with Gasteiger partial charge in [-0.1, -0.05) is 88.3 Å². The van der Waals surface area contributed by atoms with Crippen LogP contribution in [0.15, 0.2) is 36.4 Å². The van der Waals surface area contributed by atoms with Crippen LogP contribution in [0.1, 0.15) is 110 Å². The summed E-state index contributed by atoms with van der Waals surface area (Å²) in [4.78, 5) is 13.0. The molecule has 0 atom stereocenters. The lowest BCUT2D eigenvalue weighted by Crippen LogP contribution is -2.26. The van der Waals surface area contributed by atoms with Crippen molar-refractivity contribution in [2.45, 2.75) is 98.8 Å². The molecule has 0 amide bonds. The molecule has 0 bridgehead atoms. The molecule has 0 saturated heterocycles. The Labute approximate surface area is 195 Å². The molecule has 0 unspecified atom stereocenters. The summed E-state index contributed by atoms with van der Waals surface area (Å²) in [6.45, 7) is 23.8. The maximum absolute atomic E-state index is 13.0. The van der Waals surface area contributed by atoms with Gasteiger partial charge in [0, 0.05) is 11.1 Å². The first-order valence-corrected chi connectivity index (χ1v) is 11.5. The minimum absolute atomic E-state index is 0.000639. The number of hydrogen-bond donors (Lipinski definition) is 1. The number of ether oxygens (including phenoxy) is 1. The molecule has 0 aliphatic rings. The number of benzene rings is 2. The van der Waals surface area contributed by atoms with E-state index in [0.29, 0.717) is 11.3 Å². The Morgan fingerprint density at radius 2 is 1.34 bits per heavy atom. The zero-order valence-electron chi connectivity index (χ0n) is 21.9. The second-order valence-corrected chi connectivity index (χ2v) is 13.0. The van der Waals surface area contributed by atoms with Gasteiger partial charge in [0.1, 0.15) is 11.5 Å². The highest BCUT2D eigenvalue weighted by atomic mass is 16.5. The summed E-state index contributed by atoms with van der Waals surface area (Å²) in [5, 5.41) is 10.2. The van der Waals surface area contributed by atoms with Gasteiger partial charge in [-0.05, 0) is 57.9 Å². The van der Waals surface area contributed by atoms with E-state index in [0.717, 1.165) is 17.5 Å². The number of esters is 1. The zero-order chi connectivity index (χ0) is 24.7. The molecule has 2 rings (SSSR count). The Kier molecular flexibility index (Phi) is 6.96. The van der Waals surface area contributed by atoms with Gasteiger partial charge < -0.3 is 9.84 Å². The largest absolute Gasteiger partial charge is 0.508 e. The van der Waals surface area contributed by atoms with Crippen molar-refractivity contribution in [1.82, 2.24) is 0 Å². The number of hydrogen-bond acceptors (Lipinski definition) is 3. The normalized spacial score (nSPS) is 13.2. The molecule has 0 radical (unpaired) electrons. The second kappa shape index (κ2) is 8.57. The van der Waals surface area contributed by atoms with E-state index in [1.54, 1.807) is 18.2 Å². The van der Waals surface area contributed by atoms with Crippen LogP contribution in [0.4, 0.5) is 0 Å². The summed E-state index contributed by atoms with van der Waals surface area (Å²) in [6, 6.07) is 11.1. The minimum atomic E-state index is -0.414. The van der Waals surface area contributed by atoms with E-state index >= 15 is 0 Å². The highest BCUT2D eigenvalue weighted by Crippen LogP contribution is 2.40. The number of carbonyl (C=O) groups is 1. The Morgan fingerprint density at radius 3 is 1.84 bits per heavy atom. The lowest BCUT2D eigenvalue weighted by Gasteiger charge is -2.34. The van der Waals surface area contributed by atoms with Crippen LogP contribution in [0.25, 0.3) is 0 Å². The molecule has 0 heterocycles. The third-order valence-electron chi connectivity index (χ3n) is 5.78. The molecule has 0 fully saturated rings. The number of carbonyl (C=O) groups excluding carboxylic acids is 1. The maximum atomic E-state index is 13.0. The van der Waals surface area contributed by atoms with Crippen molar-refractivity contribution in [3.8, 4) is 11.5 Å². The number of phenols is 1. The molecular weight excluding hydrogens is 396 g/mol. The molecule has 0 saturated carbocycles. The predicted octanol–water partition coefficient (Wildman–Crippen LogP) is 7.92. The van der Waals surface area contributed by atoms with Crippen LogP contribution >= 0.6 is 0 Å². The van der Waals surface area contributed by atoms with E-state index in [1.165, 1.54) is 5.56 Å². The van der Waals surface area contributed by atoms with Crippen molar-refractivity contribution in [3.05, 3.63) is 58.7 Å². The molecule has 0 aliphatic carbocycles. The first-order valence-electron chi connectivity index (χ1n) is 11.5. The molecule has 32 heavy (non-hydrogen) atoms. The molecule has 1 N–H and O–H groups in total. The van der Waals surface area contributed by atoms with Crippen molar-refractivity contribution in [2.75, 3.05) is 0 Å². The quantitative estimate of drug-likeness (QED) is 0.389. The minimum Gasteiger partial charge on any atom is -0.508 e. The fourth-order valence-electron chi connectivity index (χ4n) is 4.48. The van der Waals surface area contributed by atoms with E-state index in [-0.39, 0.29) is 27.4 Å². The topological polar surface area (TPSA) is 46.5 Å². The SMILES string of the molecule is CC(C)(C)CC(C)(C)c1ccc(OC(=O)c2ccc(O)c(C(C)(C)C)c2)c(C(C)(C)C)c1. The molecular formula is C29H42O3. The highest BCUT2D eigenvalue weighted by Gasteiger charge is 2.30. The molecule has 3 heteroatoms. The van der Waals surface area contributed by atoms with Crippen LogP contribution in [0, 0.1) is 5.41 Å². The fraction of sp³-hybridized carbons (Fsp3) is 0.552. The summed E-state index contributed by atoms with van der Waals surface area (Å²) >= 11 is 0. The molecule has 2 aromatic rings. The van der Waals surface area contributed by atoms with Crippen LogP contribution < -0.4 is 4.74 Å². The van der Waals surface area contributed by atoms with Crippen LogP contribution in [0.5, 0.6) is 11.5 Å². The van der Waals surface area contributed by atoms with Gasteiger partial charge in [0.15, 0.2) is 0 Å². The van der Waals surface area contributed by atoms with Crippen LogP contribution in [0.3, 0.4) is 0 Å². The third-order valence-corrected chi connectivity index (χ3v) is 5.78. The number of phenolic OH excluding ortho intramolecular Hbond substituents is 1. The Hall–Kier alpha value is -2.29. The Balaban J connectivity index is 2.45. The third kappa shape index (κ3) is 6.37. The molecule has 0 aliphatic heterocycles. The molecule has 0 spiro atoms. The van der Waals surface area contributed by atoms with Gasteiger partial charge in [0.25, 0.3) is 0 Å². The average Bonchev–Trinajstić information content (AvgIpc) is 2.58. The summed E-state index contributed by atoms with van der Waals surface area (Å²) in [5.74, 6) is 0.362. The lowest BCUT2D eigenvalue weighted by atomic mass is 9.71. The number of aromatic hydroxyl groups is 1. The van der Waals surface area contributed by atoms with Gasteiger partial charge in [-0.3, -0.25) is 0 Å². The predicted molar refractivity (Wildman–Crippen MR) is 134 cm³/mol. The van der Waals surface area contributed by atoms with Gasteiger partial charge >= 0.3 is 5.97 Å². The van der Waals surface area contributed by atoms with E-state index in [9.17, 15) is 9.90 Å². The van der Waals surface area contributed by atoms with Crippen molar-refractivity contribution in [2.24, 2.45) is 5.41 Å². The summed E-state index contributed by atoms with van der Waals surface area (Å²) in [6.07, 6.45) is 1.05. The van der Waals surface area contributed by atoms with E-state index in [2.05, 4.69) is 67.5 Å². The number of rotatable bonds is 4. The van der Waals surface area contributed by atoms with Crippen LogP contribution in [-0.4, -0.2) is 11.1 Å². The van der Waals surface area contributed by atoms with Gasteiger partial charge in [0.05, 0.1) is 5.56 Å². The van der Waals surface area contributed by atoms with Crippen LogP contribution in [-0.2, 0) is 16.2 Å². The van der Waals surface area contributed by atoms with E-state index < -0.39 is 5.97 Å². The maximum Gasteiger partial charge on any atom is 0.343 e.